The highest BCUT2D eigenvalue weighted by Crippen LogP contribution is 2.44. The lowest BCUT2D eigenvalue weighted by atomic mass is 9.99. The van der Waals surface area contributed by atoms with Gasteiger partial charge in [-0.2, -0.15) is 0 Å². The Morgan fingerprint density at radius 1 is 1.00 bits per heavy atom. The van der Waals surface area contributed by atoms with Gasteiger partial charge in [0.25, 0.3) is 0 Å². The van der Waals surface area contributed by atoms with Crippen LogP contribution in [0.4, 0.5) is 0 Å². The largest absolute Gasteiger partial charge is 0.458 e. The number of rotatable bonds is 5. The van der Waals surface area contributed by atoms with E-state index < -0.39 is 48.2 Å². The summed E-state index contributed by atoms with van der Waals surface area (Å²) in [5.41, 5.74) is 1.85. The molecule has 0 bridgehead atoms. The smallest absolute Gasteiger partial charge is 0.360 e. The molecule has 3 aliphatic heterocycles. The molecule has 0 aliphatic carbocycles. The molecule has 10 nitrogen and oxygen atoms in total. The number of benzene rings is 1. The molecular formula is C23H29N3O7. The third kappa shape index (κ3) is 4.41. The number of carbonyl (C=O) groups is 1. The molecule has 4 heterocycles. The van der Waals surface area contributed by atoms with E-state index in [0.29, 0.717) is 12.2 Å². The van der Waals surface area contributed by atoms with Gasteiger partial charge in [0.05, 0.1) is 12.2 Å². The van der Waals surface area contributed by atoms with Crippen LogP contribution in [0.1, 0.15) is 49.4 Å². The van der Waals surface area contributed by atoms with E-state index in [1.807, 2.05) is 58.0 Å². The molecule has 2 aromatic rings. The molecule has 1 aromatic heterocycles. The maximum Gasteiger partial charge on any atom is 0.360 e. The van der Waals surface area contributed by atoms with Crippen molar-refractivity contribution in [2.45, 2.75) is 83.4 Å². The third-order valence-electron chi connectivity index (χ3n) is 5.98. The summed E-state index contributed by atoms with van der Waals surface area (Å²) < 4.78 is 37.4. The maximum absolute atomic E-state index is 12.8. The van der Waals surface area contributed by atoms with Crippen molar-refractivity contribution in [2.24, 2.45) is 0 Å². The minimum atomic E-state index is -0.817. The molecule has 3 saturated heterocycles. The summed E-state index contributed by atoms with van der Waals surface area (Å²) in [5, 5.41) is 8.15. The highest BCUT2D eigenvalue weighted by molar-refractivity contribution is 5.88. The molecule has 0 saturated carbocycles. The number of nitrogens with zero attached hydrogens (tertiary/aromatic N) is 3. The number of fused-ring (bicyclic) bond motifs is 3. The molecule has 10 heteroatoms. The van der Waals surface area contributed by atoms with Crippen molar-refractivity contribution in [3.05, 3.63) is 47.3 Å². The fourth-order valence-corrected chi connectivity index (χ4v) is 4.51. The number of hydrogen-bond acceptors (Lipinski definition) is 9. The van der Waals surface area contributed by atoms with E-state index >= 15 is 0 Å². The quantitative estimate of drug-likeness (QED) is 0.623. The lowest BCUT2D eigenvalue weighted by Gasteiger charge is -2.36. The van der Waals surface area contributed by atoms with Crippen molar-refractivity contribution in [1.82, 2.24) is 15.0 Å². The predicted molar refractivity (Wildman–Crippen MR) is 113 cm³/mol. The first-order valence-corrected chi connectivity index (χ1v) is 11.1. The van der Waals surface area contributed by atoms with Gasteiger partial charge < -0.3 is 28.4 Å². The van der Waals surface area contributed by atoms with Gasteiger partial charge in [-0.3, -0.25) is 0 Å². The zero-order valence-corrected chi connectivity index (χ0v) is 19.4. The van der Waals surface area contributed by atoms with E-state index in [1.165, 1.54) is 0 Å². The first-order chi connectivity index (χ1) is 15.6. The van der Waals surface area contributed by atoms with Gasteiger partial charge in [0.15, 0.2) is 23.6 Å². The van der Waals surface area contributed by atoms with Gasteiger partial charge in [0.2, 0.25) is 0 Å². The molecule has 0 amide bonds. The standard InChI is InChI=1S/C23H29N3O7/c1-13-16(24-25-26(13)11-14-9-7-6-8-10-14)20(27)28-12-15-17-18(31-22(2,3)30-17)19-21(29-15)33-23(4,5)32-19/h6-10,15,17-19,21H,11-12H2,1-5H3/t15-,17+,18+,19-,21-/m1/s1. The summed E-state index contributed by atoms with van der Waals surface area (Å²) >= 11 is 0. The molecule has 178 valence electrons. The fourth-order valence-electron chi connectivity index (χ4n) is 4.51. The number of aromatic nitrogens is 3. The number of esters is 1. The van der Waals surface area contributed by atoms with E-state index in [1.54, 1.807) is 11.6 Å². The monoisotopic (exact) mass is 459 g/mol. The van der Waals surface area contributed by atoms with Crippen LogP contribution in [0.15, 0.2) is 30.3 Å². The molecule has 0 spiro atoms. The zero-order chi connectivity index (χ0) is 23.4. The van der Waals surface area contributed by atoms with Crippen LogP contribution in [0.5, 0.6) is 0 Å². The molecule has 0 unspecified atom stereocenters. The average Bonchev–Trinajstić information content (AvgIpc) is 3.38. The maximum atomic E-state index is 12.8. The summed E-state index contributed by atoms with van der Waals surface area (Å²) in [6.07, 6.45) is -2.53. The minimum Gasteiger partial charge on any atom is -0.458 e. The average molecular weight is 459 g/mol. The van der Waals surface area contributed by atoms with Gasteiger partial charge in [-0.05, 0) is 40.2 Å². The van der Waals surface area contributed by atoms with Crippen LogP contribution in [0.25, 0.3) is 0 Å². The Hall–Kier alpha value is -2.37. The molecule has 33 heavy (non-hydrogen) atoms. The van der Waals surface area contributed by atoms with Crippen molar-refractivity contribution in [2.75, 3.05) is 6.61 Å². The summed E-state index contributed by atoms with van der Waals surface area (Å²) in [7, 11) is 0. The molecule has 3 aliphatic rings. The SMILES string of the molecule is Cc1c(C(=O)OC[C@H]2O[C@@H]3OC(C)(C)O[C@@H]3[C@H]3OC(C)(C)O[C@H]32)nnn1Cc1ccccc1. The second kappa shape index (κ2) is 8.14. The molecule has 5 rings (SSSR count). The highest BCUT2D eigenvalue weighted by atomic mass is 16.9. The van der Waals surface area contributed by atoms with Gasteiger partial charge >= 0.3 is 5.97 Å². The Bertz CT molecular complexity index is 1020. The second-order valence-electron chi connectivity index (χ2n) is 9.47. The first kappa shape index (κ1) is 22.4. The second-order valence-corrected chi connectivity index (χ2v) is 9.47. The Kier molecular flexibility index (Phi) is 5.53. The van der Waals surface area contributed by atoms with Gasteiger partial charge in [-0.15, -0.1) is 5.10 Å². The normalized spacial score (nSPS) is 31.7. The van der Waals surface area contributed by atoms with E-state index in [2.05, 4.69) is 10.3 Å². The van der Waals surface area contributed by atoms with Gasteiger partial charge in [0.1, 0.15) is 31.0 Å². The van der Waals surface area contributed by atoms with Crippen molar-refractivity contribution in [3.8, 4) is 0 Å². The third-order valence-corrected chi connectivity index (χ3v) is 5.98. The summed E-state index contributed by atoms with van der Waals surface area (Å²) in [6.45, 7) is 9.57. The highest BCUT2D eigenvalue weighted by Gasteiger charge is 2.60. The van der Waals surface area contributed by atoms with E-state index in [9.17, 15) is 4.79 Å². The Balaban J connectivity index is 1.27. The van der Waals surface area contributed by atoms with E-state index in [0.717, 1.165) is 5.56 Å². The zero-order valence-electron chi connectivity index (χ0n) is 19.4. The minimum absolute atomic E-state index is 0.0442. The number of ether oxygens (including phenoxy) is 6. The topological polar surface area (TPSA) is 103 Å². The molecule has 0 N–H and O–H groups in total. The number of carbonyl (C=O) groups excluding carboxylic acids is 1. The van der Waals surface area contributed by atoms with Crippen LogP contribution in [-0.4, -0.2) is 69.9 Å². The van der Waals surface area contributed by atoms with Crippen LogP contribution >= 0.6 is 0 Å². The molecule has 5 atom stereocenters. The van der Waals surface area contributed by atoms with Crippen LogP contribution in [-0.2, 0) is 35.0 Å². The molecule has 3 fully saturated rings. The lowest BCUT2D eigenvalue weighted by molar-refractivity contribution is -0.240. The van der Waals surface area contributed by atoms with E-state index in [-0.39, 0.29) is 12.3 Å². The van der Waals surface area contributed by atoms with Gasteiger partial charge in [0, 0.05) is 0 Å². The van der Waals surface area contributed by atoms with Crippen molar-refractivity contribution in [3.63, 3.8) is 0 Å². The first-order valence-electron chi connectivity index (χ1n) is 11.1. The summed E-state index contributed by atoms with van der Waals surface area (Å²) in [5.74, 6) is -2.20. The Morgan fingerprint density at radius 3 is 2.42 bits per heavy atom. The molecule has 0 radical (unpaired) electrons. The Labute approximate surface area is 192 Å². The van der Waals surface area contributed by atoms with Crippen molar-refractivity contribution in [1.29, 1.82) is 0 Å². The Morgan fingerprint density at radius 2 is 1.67 bits per heavy atom. The van der Waals surface area contributed by atoms with Gasteiger partial charge in [-0.25, -0.2) is 9.48 Å². The van der Waals surface area contributed by atoms with Gasteiger partial charge in [-0.1, -0.05) is 35.5 Å². The van der Waals surface area contributed by atoms with Crippen LogP contribution in [0, 0.1) is 6.92 Å². The van der Waals surface area contributed by atoms with E-state index in [4.69, 9.17) is 28.4 Å². The van der Waals surface area contributed by atoms with Crippen LogP contribution in [0.2, 0.25) is 0 Å². The summed E-state index contributed by atoms with van der Waals surface area (Å²) in [6, 6.07) is 9.84. The van der Waals surface area contributed by atoms with Crippen LogP contribution < -0.4 is 0 Å². The summed E-state index contributed by atoms with van der Waals surface area (Å²) in [4.78, 5) is 12.8. The van der Waals surface area contributed by atoms with Crippen molar-refractivity contribution >= 4 is 5.97 Å². The number of hydrogen-bond donors (Lipinski definition) is 0. The van der Waals surface area contributed by atoms with Crippen LogP contribution in [0.3, 0.4) is 0 Å². The molecular weight excluding hydrogens is 430 g/mol. The lowest BCUT2D eigenvalue weighted by Crippen LogP contribution is -2.56. The predicted octanol–water partition coefficient (Wildman–Crippen LogP) is 2.19. The molecule has 1 aromatic carbocycles. The van der Waals surface area contributed by atoms with Crippen molar-refractivity contribution < 1.29 is 33.2 Å². The fraction of sp³-hybridized carbons (Fsp3) is 0.609.